The third-order valence-electron chi connectivity index (χ3n) is 6.24. The summed E-state index contributed by atoms with van der Waals surface area (Å²) < 4.78 is 2.06. The standard InChI is InChI=1S/C26H32N4O2/c1-20-11-4-5-12-21(20)26(32)27-16-10-15-24-28-22-13-6-7-14-23(22)30(24)19-25(31)29-17-8-2-3-9-18-29/h4-7,11-14H,2-3,8-10,15-19H2,1H3,(H,27,32). The van der Waals surface area contributed by atoms with Crippen LogP contribution in [0.15, 0.2) is 48.5 Å². The first kappa shape index (κ1) is 22.1. The smallest absolute Gasteiger partial charge is 0.251 e. The molecule has 0 aliphatic carbocycles. The molecule has 2 heterocycles. The first-order valence-electron chi connectivity index (χ1n) is 11.7. The van der Waals surface area contributed by atoms with Crippen molar-refractivity contribution in [2.75, 3.05) is 19.6 Å². The average molecular weight is 433 g/mol. The van der Waals surface area contributed by atoms with Gasteiger partial charge in [-0.25, -0.2) is 4.98 Å². The Morgan fingerprint density at radius 3 is 2.47 bits per heavy atom. The van der Waals surface area contributed by atoms with Crippen LogP contribution in [0.2, 0.25) is 0 Å². The first-order valence-corrected chi connectivity index (χ1v) is 11.7. The third kappa shape index (κ3) is 5.18. The van der Waals surface area contributed by atoms with Gasteiger partial charge in [-0.2, -0.15) is 0 Å². The molecule has 1 fully saturated rings. The number of benzene rings is 2. The van der Waals surface area contributed by atoms with Crippen molar-refractivity contribution in [3.8, 4) is 0 Å². The number of carbonyl (C=O) groups excluding carboxylic acids is 2. The van der Waals surface area contributed by atoms with E-state index in [0.29, 0.717) is 25.1 Å². The van der Waals surface area contributed by atoms with Gasteiger partial charge in [-0.3, -0.25) is 9.59 Å². The molecule has 168 valence electrons. The van der Waals surface area contributed by atoms with Gasteiger partial charge in [0.25, 0.3) is 5.91 Å². The van der Waals surface area contributed by atoms with Gasteiger partial charge in [-0.05, 0) is 49.9 Å². The Labute approximate surface area is 189 Å². The average Bonchev–Trinajstić information content (AvgIpc) is 2.96. The maximum Gasteiger partial charge on any atom is 0.251 e. The number of rotatable bonds is 7. The fourth-order valence-corrected chi connectivity index (χ4v) is 4.42. The van der Waals surface area contributed by atoms with Crippen LogP contribution in [0.5, 0.6) is 0 Å². The van der Waals surface area contributed by atoms with Crippen LogP contribution in [0.1, 0.15) is 53.8 Å². The van der Waals surface area contributed by atoms with Crippen molar-refractivity contribution in [1.29, 1.82) is 0 Å². The monoisotopic (exact) mass is 432 g/mol. The van der Waals surface area contributed by atoms with E-state index in [4.69, 9.17) is 4.98 Å². The van der Waals surface area contributed by atoms with Gasteiger partial charge < -0.3 is 14.8 Å². The van der Waals surface area contributed by atoms with Crippen LogP contribution in [-0.2, 0) is 17.8 Å². The van der Waals surface area contributed by atoms with Crippen LogP contribution in [-0.4, -0.2) is 45.9 Å². The number of hydrogen-bond acceptors (Lipinski definition) is 3. The Morgan fingerprint density at radius 2 is 1.69 bits per heavy atom. The van der Waals surface area contributed by atoms with Crippen LogP contribution in [0.3, 0.4) is 0 Å². The van der Waals surface area contributed by atoms with E-state index in [9.17, 15) is 9.59 Å². The molecule has 1 saturated heterocycles. The number of nitrogens with zero attached hydrogens (tertiary/aromatic N) is 3. The summed E-state index contributed by atoms with van der Waals surface area (Å²) in [5.41, 5.74) is 3.59. The van der Waals surface area contributed by atoms with E-state index < -0.39 is 0 Å². The normalized spacial score (nSPS) is 14.3. The summed E-state index contributed by atoms with van der Waals surface area (Å²) in [7, 11) is 0. The van der Waals surface area contributed by atoms with Gasteiger partial charge in [0.05, 0.1) is 11.0 Å². The zero-order valence-corrected chi connectivity index (χ0v) is 18.8. The molecule has 1 aromatic heterocycles. The number of likely N-dealkylation sites (tertiary alicyclic amines) is 1. The maximum atomic E-state index is 13.0. The molecule has 0 unspecified atom stereocenters. The third-order valence-corrected chi connectivity index (χ3v) is 6.24. The highest BCUT2D eigenvalue weighted by atomic mass is 16.2. The molecule has 32 heavy (non-hydrogen) atoms. The molecular weight excluding hydrogens is 400 g/mol. The van der Waals surface area contributed by atoms with Gasteiger partial charge in [-0.1, -0.05) is 43.2 Å². The Kier molecular flexibility index (Phi) is 7.20. The molecule has 1 aliphatic rings. The minimum Gasteiger partial charge on any atom is -0.352 e. The maximum absolute atomic E-state index is 13.0. The Morgan fingerprint density at radius 1 is 0.969 bits per heavy atom. The molecule has 0 atom stereocenters. The second-order valence-corrected chi connectivity index (χ2v) is 8.57. The largest absolute Gasteiger partial charge is 0.352 e. The SMILES string of the molecule is Cc1ccccc1C(=O)NCCCc1nc2ccccc2n1CC(=O)N1CCCCCC1. The van der Waals surface area contributed by atoms with Gasteiger partial charge in [0.1, 0.15) is 12.4 Å². The van der Waals surface area contributed by atoms with E-state index in [1.807, 2.05) is 60.4 Å². The number of amides is 2. The Balaban J connectivity index is 1.41. The van der Waals surface area contributed by atoms with Crippen LogP contribution in [0.25, 0.3) is 11.0 Å². The number of hydrogen-bond donors (Lipinski definition) is 1. The van der Waals surface area contributed by atoms with E-state index in [-0.39, 0.29) is 11.8 Å². The first-order chi connectivity index (χ1) is 15.6. The zero-order valence-electron chi connectivity index (χ0n) is 18.8. The summed E-state index contributed by atoms with van der Waals surface area (Å²) in [5.74, 6) is 1.02. The lowest BCUT2D eigenvalue weighted by atomic mass is 10.1. The highest BCUT2D eigenvalue weighted by Crippen LogP contribution is 2.18. The van der Waals surface area contributed by atoms with Crippen LogP contribution in [0, 0.1) is 6.92 Å². The van der Waals surface area contributed by atoms with Crippen molar-refractivity contribution >= 4 is 22.8 Å². The van der Waals surface area contributed by atoms with Crippen molar-refractivity contribution in [2.45, 2.75) is 52.0 Å². The molecule has 6 nitrogen and oxygen atoms in total. The highest BCUT2D eigenvalue weighted by Gasteiger charge is 2.19. The molecule has 3 aromatic rings. The van der Waals surface area contributed by atoms with Crippen LogP contribution in [0.4, 0.5) is 0 Å². The van der Waals surface area contributed by atoms with Gasteiger partial charge in [0.15, 0.2) is 0 Å². The van der Waals surface area contributed by atoms with Crippen molar-refractivity contribution < 1.29 is 9.59 Å². The molecule has 4 rings (SSSR count). The van der Waals surface area contributed by atoms with Gasteiger partial charge in [0, 0.05) is 31.6 Å². The number of imidazole rings is 1. The van der Waals surface area contributed by atoms with Gasteiger partial charge >= 0.3 is 0 Å². The second-order valence-electron chi connectivity index (χ2n) is 8.57. The molecular formula is C26H32N4O2. The van der Waals surface area contributed by atoms with E-state index in [1.54, 1.807) is 0 Å². The molecule has 6 heteroatoms. The second kappa shape index (κ2) is 10.4. The molecule has 1 aliphatic heterocycles. The topological polar surface area (TPSA) is 67.2 Å². The van der Waals surface area contributed by atoms with Crippen LogP contribution < -0.4 is 5.32 Å². The summed E-state index contributed by atoms with van der Waals surface area (Å²) in [6.07, 6.45) is 6.05. The van der Waals surface area contributed by atoms with E-state index in [2.05, 4.69) is 9.88 Å². The fourth-order valence-electron chi connectivity index (χ4n) is 4.42. The summed E-state index contributed by atoms with van der Waals surface area (Å²) >= 11 is 0. The minimum atomic E-state index is -0.0482. The summed E-state index contributed by atoms with van der Waals surface area (Å²) in [5, 5.41) is 3.01. The predicted molar refractivity (Wildman–Crippen MR) is 127 cm³/mol. The molecule has 2 aromatic carbocycles. The minimum absolute atomic E-state index is 0.0482. The predicted octanol–water partition coefficient (Wildman–Crippen LogP) is 4.11. The molecule has 2 amide bonds. The lowest BCUT2D eigenvalue weighted by molar-refractivity contribution is -0.131. The molecule has 1 N–H and O–H groups in total. The summed E-state index contributed by atoms with van der Waals surface area (Å²) in [4.78, 5) is 32.3. The molecule has 0 bridgehead atoms. The molecule has 0 spiro atoms. The number of aromatic nitrogens is 2. The lowest BCUT2D eigenvalue weighted by Crippen LogP contribution is -2.35. The number of nitrogens with one attached hydrogen (secondary N) is 1. The number of carbonyl (C=O) groups is 2. The fraction of sp³-hybridized carbons (Fsp3) is 0.423. The molecule has 0 saturated carbocycles. The number of fused-ring (bicyclic) bond motifs is 1. The Bertz CT molecular complexity index is 1080. The summed E-state index contributed by atoms with van der Waals surface area (Å²) in [6.45, 7) is 4.54. The van der Waals surface area contributed by atoms with Crippen molar-refractivity contribution in [3.63, 3.8) is 0 Å². The van der Waals surface area contributed by atoms with Crippen molar-refractivity contribution in [3.05, 3.63) is 65.5 Å². The van der Waals surface area contributed by atoms with E-state index >= 15 is 0 Å². The quantitative estimate of drug-likeness (QED) is 0.572. The van der Waals surface area contributed by atoms with Gasteiger partial charge in [-0.15, -0.1) is 0 Å². The zero-order chi connectivity index (χ0) is 22.3. The number of aryl methyl sites for hydroxylation is 2. The number of para-hydroxylation sites is 2. The van der Waals surface area contributed by atoms with Crippen LogP contribution >= 0.6 is 0 Å². The highest BCUT2D eigenvalue weighted by molar-refractivity contribution is 5.95. The molecule has 0 radical (unpaired) electrons. The van der Waals surface area contributed by atoms with E-state index in [1.165, 1.54) is 12.8 Å². The summed E-state index contributed by atoms with van der Waals surface area (Å²) in [6, 6.07) is 15.6. The van der Waals surface area contributed by atoms with Crippen molar-refractivity contribution in [1.82, 2.24) is 19.8 Å². The lowest BCUT2D eigenvalue weighted by Gasteiger charge is -2.21. The Hall–Kier alpha value is -3.15. The van der Waals surface area contributed by atoms with Gasteiger partial charge in [0.2, 0.25) is 5.91 Å². The van der Waals surface area contributed by atoms with Crippen molar-refractivity contribution in [2.24, 2.45) is 0 Å². The van der Waals surface area contributed by atoms with E-state index in [0.717, 1.165) is 54.8 Å².